The van der Waals surface area contributed by atoms with Crippen LogP contribution in [0.5, 0.6) is 0 Å². The molecule has 1 fully saturated rings. The quantitative estimate of drug-likeness (QED) is 0.637. The molecule has 3 aromatic carbocycles. The fourth-order valence-corrected chi connectivity index (χ4v) is 3.30. The molecule has 0 bridgehead atoms. The number of hydrogen-bond acceptors (Lipinski definition) is 2. The van der Waals surface area contributed by atoms with Gasteiger partial charge in [0.25, 0.3) is 0 Å². The minimum atomic E-state index is -0.239. The lowest BCUT2D eigenvalue weighted by atomic mass is 9.84. The lowest BCUT2D eigenvalue weighted by Gasteiger charge is -2.20. The monoisotopic (exact) mass is 316 g/mol. The van der Waals surface area contributed by atoms with E-state index >= 15 is 0 Å². The molecule has 3 aromatic rings. The Labute approximate surface area is 142 Å². The van der Waals surface area contributed by atoms with Crippen molar-refractivity contribution in [2.24, 2.45) is 0 Å². The zero-order chi connectivity index (χ0) is 16.2. The van der Waals surface area contributed by atoms with Crippen molar-refractivity contribution in [1.82, 2.24) is 0 Å². The normalized spacial score (nSPS) is 15.0. The van der Waals surface area contributed by atoms with Gasteiger partial charge in [0.15, 0.2) is 6.29 Å². The Morgan fingerprint density at radius 2 is 1.17 bits per heavy atom. The van der Waals surface area contributed by atoms with E-state index in [2.05, 4.69) is 84.9 Å². The van der Waals surface area contributed by atoms with E-state index in [-0.39, 0.29) is 12.2 Å². The van der Waals surface area contributed by atoms with Crippen LogP contribution in [-0.4, -0.2) is 13.2 Å². The van der Waals surface area contributed by atoms with Crippen LogP contribution in [-0.2, 0) is 9.47 Å². The largest absolute Gasteiger partial charge is 0.346 e. The first-order valence-corrected chi connectivity index (χ1v) is 8.35. The van der Waals surface area contributed by atoms with Gasteiger partial charge in [-0.05, 0) is 22.8 Å². The van der Waals surface area contributed by atoms with Gasteiger partial charge < -0.3 is 9.47 Å². The van der Waals surface area contributed by atoms with Crippen molar-refractivity contribution in [2.75, 3.05) is 13.2 Å². The second-order valence-electron chi connectivity index (χ2n) is 6.00. The molecule has 0 saturated carbocycles. The van der Waals surface area contributed by atoms with E-state index in [1.165, 1.54) is 16.7 Å². The summed E-state index contributed by atoms with van der Waals surface area (Å²) in [7, 11) is 0. The average Bonchev–Trinajstić information content (AvgIpc) is 3.19. The van der Waals surface area contributed by atoms with Gasteiger partial charge in [0.05, 0.1) is 13.2 Å². The second-order valence-corrected chi connectivity index (χ2v) is 6.00. The fourth-order valence-electron chi connectivity index (χ4n) is 3.30. The summed E-state index contributed by atoms with van der Waals surface area (Å²) >= 11 is 0. The van der Waals surface area contributed by atoms with Crippen LogP contribution in [0.4, 0.5) is 0 Å². The van der Waals surface area contributed by atoms with E-state index in [0.717, 1.165) is 5.56 Å². The molecule has 2 heteroatoms. The summed E-state index contributed by atoms with van der Waals surface area (Å²) in [6.45, 7) is 1.32. The highest BCUT2D eigenvalue weighted by Crippen LogP contribution is 2.34. The summed E-state index contributed by atoms with van der Waals surface area (Å²) in [5.74, 6) is 0.203. The summed E-state index contributed by atoms with van der Waals surface area (Å²) in [5, 5.41) is 0. The van der Waals surface area contributed by atoms with Gasteiger partial charge in [0.2, 0.25) is 0 Å². The Hall–Kier alpha value is -2.42. The fraction of sp³-hybridized carbons (Fsp3) is 0.182. The van der Waals surface area contributed by atoms with E-state index in [9.17, 15) is 0 Å². The lowest BCUT2D eigenvalue weighted by Crippen LogP contribution is -2.05. The summed E-state index contributed by atoms with van der Waals surface area (Å²) in [6.07, 6.45) is -0.239. The standard InChI is InChI=1S/C22H20O2/c1-3-8-17(9-4-1)21(18-10-5-2-6-11-18)19-12-7-13-20(16-19)22-23-14-15-24-22/h1-13,16,21-22H,14-15H2. The topological polar surface area (TPSA) is 18.5 Å². The molecule has 0 N–H and O–H groups in total. The van der Waals surface area contributed by atoms with Gasteiger partial charge in [0, 0.05) is 11.5 Å². The minimum Gasteiger partial charge on any atom is -0.346 e. The van der Waals surface area contributed by atoms with Crippen molar-refractivity contribution >= 4 is 0 Å². The molecule has 0 aromatic heterocycles. The third-order valence-electron chi connectivity index (χ3n) is 4.40. The van der Waals surface area contributed by atoms with E-state index in [4.69, 9.17) is 9.47 Å². The molecule has 1 saturated heterocycles. The Balaban J connectivity index is 1.78. The maximum absolute atomic E-state index is 5.66. The van der Waals surface area contributed by atoms with Crippen LogP contribution in [0.2, 0.25) is 0 Å². The van der Waals surface area contributed by atoms with Crippen LogP contribution >= 0.6 is 0 Å². The van der Waals surface area contributed by atoms with Crippen LogP contribution in [0.3, 0.4) is 0 Å². The maximum Gasteiger partial charge on any atom is 0.184 e. The van der Waals surface area contributed by atoms with Crippen LogP contribution in [0.25, 0.3) is 0 Å². The first kappa shape index (κ1) is 15.1. The van der Waals surface area contributed by atoms with E-state index in [1.807, 2.05) is 0 Å². The smallest absolute Gasteiger partial charge is 0.184 e. The predicted molar refractivity (Wildman–Crippen MR) is 94.9 cm³/mol. The zero-order valence-electron chi connectivity index (χ0n) is 13.5. The molecule has 0 aliphatic carbocycles. The molecule has 2 nitrogen and oxygen atoms in total. The van der Waals surface area contributed by atoms with Crippen molar-refractivity contribution < 1.29 is 9.47 Å². The SMILES string of the molecule is c1ccc(C(c2ccccc2)c2cccc(C3OCCO3)c2)cc1. The Morgan fingerprint density at radius 1 is 0.625 bits per heavy atom. The van der Waals surface area contributed by atoms with Crippen LogP contribution in [0, 0.1) is 0 Å². The molecular weight excluding hydrogens is 296 g/mol. The number of ether oxygens (including phenoxy) is 2. The van der Waals surface area contributed by atoms with Gasteiger partial charge in [0.1, 0.15) is 0 Å². The Morgan fingerprint density at radius 3 is 1.75 bits per heavy atom. The lowest BCUT2D eigenvalue weighted by molar-refractivity contribution is -0.0441. The summed E-state index contributed by atoms with van der Waals surface area (Å²) in [4.78, 5) is 0. The predicted octanol–water partition coefficient (Wildman–Crippen LogP) is 4.91. The van der Waals surface area contributed by atoms with E-state index in [1.54, 1.807) is 0 Å². The van der Waals surface area contributed by atoms with Gasteiger partial charge in [-0.3, -0.25) is 0 Å². The van der Waals surface area contributed by atoms with Crippen molar-refractivity contribution in [3.63, 3.8) is 0 Å². The third kappa shape index (κ3) is 3.12. The average molecular weight is 316 g/mol. The number of rotatable bonds is 4. The highest BCUT2D eigenvalue weighted by molar-refractivity contribution is 5.44. The first-order valence-electron chi connectivity index (χ1n) is 8.35. The molecule has 1 aliphatic rings. The highest BCUT2D eigenvalue weighted by Gasteiger charge is 2.21. The number of hydrogen-bond donors (Lipinski definition) is 0. The summed E-state index contributed by atoms with van der Waals surface area (Å²) in [5.41, 5.74) is 4.91. The summed E-state index contributed by atoms with van der Waals surface area (Å²) < 4.78 is 11.3. The molecule has 1 aliphatic heterocycles. The van der Waals surface area contributed by atoms with E-state index in [0.29, 0.717) is 13.2 Å². The van der Waals surface area contributed by atoms with Gasteiger partial charge in [-0.25, -0.2) is 0 Å². The molecular formula is C22H20O2. The maximum atomic E-state index is 5.66. The molecule has 0 atom stereocenters. The molecule has 1 heterocycles. The van der Waals surface area contributed by atoms with Crippen LogP contribution in [0.1, 0.15) is 34.5 Å². The van der Waals surface area contributed by atoms with Crippen LogP contribution < -0.4 is 0 Å². The molecule has 120 valence electrons. The Bertz CT molecular complexity index is 738. The molecule has 0 amide bonds. The molecule has 0 spiro atoms. The van der Waals surface area contributed by atoms with Gasteiger partial charge in [-0.2, -0.15) is 0 Å². The van der Waals surface area contributed by atoms with Gasteiger partial charge >= 0.3 is 0 Å². The van der Waals surface area contributed by atoms with Gasteiger partial charge in [-0.15, -0.1) is 0 Å². The highest BCUT2D eigenvalue weighted by atomic mass is 16.7. The Kier molecular flexibility index (Phi) is 4.41. The summed E-state index contributed by atoms with van der Waals surface area (Å²) in [6, 6.07) is 29.8. The molecule has 4 rings (SSSR count). The zero-order valence-corrected chi connectivity index (χ0v) is 13.5. The number of benzene rings is 3. The molecule has 0 unspecified atom stereocenters. The van der Waals surface area contributed by atoms with Crippen molar-refractivity contribution in [3.05, 3.63) is 107 Å². The second kappa shape index (κ2) is 7.00. The third-order valence-corrected chi connectivity index (χ3v) is 4.40. The molecule has 24 heavy (non-hydrogen) atoms. The first-order chi connectivity index (χ1) is 11.9. The molecule has 0 radical (unpaired) electrons. The van der Waals surface area contributed by atoms with Crippen molar-refractivity contribution in [2.45, 2.75) is 12.2 Å². The van der Waals surface area contributed by atoms with Crippen molar-refractivity contribution in [1.29, 1.82) is 0 Å². The van der Waals surface area contributed by atoms with Gasteiger partial charge in [-0.1, -0.05) is 78.9 Å². The van der Waals surface area contributed by atoms with Crippen LogP contribution in [0.15, 0.2) is 84.9 Å². The minimum absolute atomic E-state index is 0.203. The van der Waals surface area contributed by atoms with Crippen molar-refractivity contribution in [3.8, 4) is 0 Å². The van der Waals surface area contributed by atoms with E-state index < -0.39 is 0 Å².